The number of carbonyl (C=O) groups is 1. The lowest BCUT2D eigenvalue weighted by molar-refractivity contribution is 0.0620. The van der Waals surface area contributed by atoms with Crippen molar-refractivity contribution in [3.8, 4) is 0 Å². The van der Waals surface area contributed by atoms with Crippen LogP contribution in [0.5, 0.6) is 0 Å². The molecule has 0 spiro atoms. The van der Waals surface area contributed by atoms with E-state index in [1.807, 2.05) is 4.90 Å². The van der Waals surface area contributed by atoms with Crippen LogP contribution in [0.4, 0.5) is 0 Å². The number of hydrogen-bond donors (Lipinski definition) is 1. The lowest BCUT2D eigenvalue weighted by Crippen LogP contribution is -2.47. The SMILES string of the molecule is CN(C)C1CCCN(C(=O)c2noc(C3CCCN3)n2)C1. The lowest BCUT2D eigenvalue weighted by Gasteiger charge is -2.35. The zero-order valence-electron chi connectivity index (χ0n) is 12.7. The van der Waals surface area contributed by atoms with Gasteiger partial charge < -0.3 is 19.6 Å². The minimum absolute atomic E-state index is 0.106. The maximum absolute atomic E-state index is 12.5. The van der Waals surface area contributed by atoms with Gasteiger partial charge in [0.05, 0.1) is 6.04 Å². The second-order valence-corrected chi connectivity index (χ2v) is 6.12. The molecule has 2 aliphatic heterocycles. The number of likely N-dealkylation sites (N-methyl/N-ethyl adjacent to an activating group) is 1. The van der Waals surface area contributed by atoms with E-state index < -0.39 is 0 Å². The van der Waals surface area contributed by atoms with Crippen LogP contribution in [0.15, 0.2) is 4.52 Å². The Bertz CT molecular complexity index is 495. The Labute approximate surface area is 124 Å². The van der Waals surface area contributed by atoms with Crippen LogP contribution in [0, 0.1) is 0 Å². The van der Waals surface area contributed by atoms with E-state index in [2.05, 4.69) is 34.5 Å². The van der Waals surface area contributed by atoms with E-state index in [9.17, 15) is 4.79 Å². The van der Waals surface area contributed by atoms with Gasteiger partial charge in [-0.2, -0.15) is 4.98 Å². The van der Waals surface area contributed by atoms with Gasteiger partial charge in [0.2, 0.25) is 5.89 Å². The highest BCUT2D eigenvalue weighted by Crippen LogP contribution is 2.22. The van der Waals surface area contributed by atoms with Gasteiger partial charge in [0.1, 0.15) is 0 Å². The molecule has 2 unspecified atom stereocenters. The fourth-order valence-electron chi connectivity index (χ4n) is 3.06. The van der Waals surface area contributed by atoms with Crippen molar-refractivity contribution in [2.75, 3.05) is 33.7 Å². The Balaban J connectivity index is 1.67. The summed E-state index contributed by atoms with van der Waals surface area (Å²) in [4.78, 5) is 20.8. The van der Waals surface area contributed by atoms with Gasteiger partial charge in [-0.05, 0) is 46.3 Å². The Morgan fingerprint density at radius 1 is 1.38 bits per heavy atom. The van der Waals surface area contributed by atoms with Crippen LogP contribution < -0.4 is 5.32 Å². The number of piperidine rings is 1. The first-order valence-electron chi connectivity index (χ1n) is 7.68. The van der Waals surface area contributed by atoms with Crippen molar-refractivity contribution in [1.82, 2.24) is 25.3 Å². The molecule has 3 rings (SSSR count). The fraction of sp³-hybridized carbons (Fsp3) is 0.786. The highest BCUT2D eigenvalue weighted by molar-refractivity contribution is 5.90. The third-order valence-electron chi connectivity index (χ3n) is 4.41. The molecule has 2 saturated heterocycles. The standard InChI is InChI=1S/C14H23N5O2/c1-18(2)10-5-4-8-19(9-10)14(20)12-16-13(21-17-12)11-6-3-7-15-11/h10-11,15H,3-9H2,1-2H3. The topological polar surface area (TPSA) is 74.5 Å². The predicted octanol–water partition coefficient (Wildman–Crippen LogP) is 0.660. The minimum atomic E-state index is -0.116. The van der Waals surface area contributed by atoms with E-state index in [0.29, 0.717) is 11.9 Å². The summed E-state index contributed by atoms with van der Waals surface area (Å²) in [5.41, 5.74) is 0. The van der Waals surface area contributed by atoms with Crippen molar-refractivity contribution >= 4 is 5.91 Å². The van der Waals surface area contributed by atoms with Gasteiger partial charge in [-0.1, -0.05) is 5.16 Å². The molecular formula is C14H23N5O2. The van der Waals surface area contributed by atoms with Gasteiger partial charge in [-0.25, -0.2) is 0 Å². The average molecular weight is 293 g/mol. The molecule has 0 aliphatic carbocycles. The average Bonchev–Trinajstić information content (AvgIpc) is 3.17. The first-order valence-corrected chi connectivity index (χ1v) is 7.68. The molecule has 2 atom stereocenters. The molecule has 0 aromatic carbocycles. The third-order valence-corrected chi connectivity index (χ3v) is 4.41. The summed E-state index contributed by atoms with van der Waals surface area (Å²) in [6.07, 6.45) is 4.24. The second kappa shape index (κ2) is 6.11. The minimum Gasteiger partial charge on any atom is -0.337 e. The molecule has 1 aromatic heterocycles. The largest absolute Gasteiger partial charge is 0.337 e. The molecule has 7 nitrogen and oxygen atoms in total. The Morgan fingerprint density at radius 3 is 2.95 bits per heavy atom. The van der Waals surface area contributed by atoms with Gasteiger partial charge in [0.25, 0.3) is 11.7 Å². The number of rotatable bonds is 3. The first kappa shape index (κ1) is 14.5. The van der Waals surface area contributed by atoms with E-state index >= 15 is 0 Å². The van der Waals surface area contributed by atoms with Gasteiger partial charge in [-0.3, -0.25) is 4.79 Å². The summed E-state index contributed by atoms with van der Waals surface area (Å²) < 4.78 is 5.25. The lowest BCUT2D eigenvalue weighted by atomic mass is 10.0. The predicted molar refractivity (Wildman–Crippen MR) is 76.9 cm³/mol. The third kappa shape index (κ3) is 3.08. The van der Waals surface area contributed by atoms with Crippen LogP contribution in [0.25, 0.3) is 0 Å². The molecule has 3 heterocycles. The smallest absolute Gasteiger partial charge is 0.295 e. The number of nitrogens with one attached hydrogen (secondary N) is 1. The summed E-state index contributed by atoms with van der Waals surface area (Å²) in [6, 6.07) is 0.514. The van der Waals surface area contributed by atoms with E-state index in [-0.39, 0.29) is 17.8 Å². The van der Waals surface area contributed by atoms with Crippen LogP contribution in [-0.2, 0) is 0 Å². The molecule has 21 heavy (non-hydrogen) atoms. The van der Waals surface area contributed by atoms with Crippen LogP contribution in [0.1, 0.15) is 48.2 Å². The number of likely N-dealkylation sites (tertiary alicyclic amines) is 1. The summed E-state index contributed by atoms with van der Waals surface area (Å²) in [7, 11) is 4.10. The van der Waals surface area contributed by atoms with Crippen molar-refractivity contribution in [1.29, 1.82) is 0 Å². The Morgan fingerprint density at radius 2 is 2.24 bits per heavy atom. The quantitative estimate of drug-likeness (QED) is 0.882. The van der Waals surface area contributed by atoms with Crippen molar-refractivity contribution in [2.24, 2.45) is 0 Å². The Kier molecular flexibility index (Phi) is 4.21. The van der Waals surface area contributed by atoms with Gasteiger partial charge >= 0.3 is 0 Å². The molecule has 1 amide bonds. The van der Waals surface area contributed by atoms with Gasteiger partial charge in [0, 0.05) is 19.1 Å². The molecule has 1 aromatic rings. The molecule has 0 saturated carbocycles. The maximum atomic E-state index is 12.5. The van der Waals surface area contributed by atoms with E-state index in [0.717, 1.165) is 45.3 Å². The molecule has 116 valence electrons. The highest BCUT2D eigenvalue weighted by atomic mass is 16.5. The molecule has 0 radical (unpaired) electrons. The second-order valence-electron chi connectivity index (χ2n) is 6.12. The normalized spacial score (nSPS) is 26.5. The molecular weight excluding hydrogens is 270 g/mol. The van der Waals surface area contributed by atoms with Crippen LogP contribution in [0.2, 0.25) is 0 Å². The summed E-state index contributed by atoms with van der Waals surface area (Å²) in [6.45, 7) is 2.47. The number of hydrogen-bond acceptors (Lipinski definition) is 6. The molecule has 2 aliphatic rings. The van der Waals surface area contributed by atoms with E-state index in [1.54, 1.807) is 0 Å². The number of nitrogens with zero attached hydrogens (tertiary/aromatic N) is 4. The van der Waals surface area contributed by atoms with Crippen molar-refractivity contribution in [3.63, 3.8) is 0 Å². The van der Waals surface area contributed by atoms with Crippen molar-refractivity contribution < 1.29 is 9.32 Å². The monoisotopic (exact) mass is 293 g/mol. The zero-order valence-corrected chi connectivity index (χ0v) is 12.7. The highest BCUT2D eigenvalue weighted by Gasteiger charge is 2.30. The summed E-state index contributed by atoms with van der Waals surface area (Å²) in [5, 5.41) is 7.17. The van der Waals surface area contributed by atoms with Crippen LogP contribution >= 0.6 is 0 Å². The fourth-order valence-corrected chi connectivity index (χ4v) is 3.06. The first-order chi connectivity index (χ1) is 10.1. The molecule has 0 bridgehead atoms. The van der Waals surface area contributed by atoms with Crippen LogP contribution in [-0.4, -0.2) is 65.6 Å². The number of carbonyl (C=O) groups excluding carboxylic acids is 1. The van der Waals surface area contributed by atoms with E-state index in [1.165, 1.54) is 0 Å². The summed E-state index contributed by atoms with van der Waals surface area (Å²) >= 11 is 0. The molecule has 7 heteroatoms. The zero-order chi connectivity index (χ0) is 14.8. The molecule has 1 N–H and O–H groups in total. The number of amides is 1. The Hall–Kier alpha value is -1.47. The van der Waals surface area contributed by atoms with Crippen molar-refractivity contribution in [2.45, 2.75) is 37.8 Å². The van der Waals surface area contributed by atoms with E-state index in [4.69, 9.17) is 4.52 Å². The van der Waals surface area contributed by atoms with Crippen molar-refractivity contribution in [3.05, 3.63) is 11.7 Å². The summed E-state index contributed by atoms with van der Waals surface area (Å²) in [5.74, 6) is 0.615. The van der Waals surface area contributed by atoms with Gasteiger partial charge in [-0.15, -0.1) is 0 Å². The van der Waals surface area contributed by atoms with Gasteiger partial charge in [0.15, 0.2) is 0 Å². The molecule has 2 fully saturated rings. The number of aromatic nitrogens is 2. The van der Waals surface area contributed by atoms with Crippen LogP contribution in [0.3, 0.4) is 0 Å². The maximum Gasteiger partial charge on any atom is 0.295 e.